The van der Waals surface area contributed by atoms with E-state index in [-0.39, 0.29) is 12.1 Å². The maximum absolute atomic E-state index is 9.22. The van der Waals surface area contributed by atoms with E-state index in [1.54, 1.807) is 4.68 Å². The molecule has 8 heteroatoms. The third-order valence-electron chi connectivity index (χ3n) is 6.20. The number of aliphatic imine (C=N–C) groups is 1. The van der Waals surface area contributed by atoms with E-state index >= 15 is 0 Å². The van der Waals surface area contributed by atoms with Gasteiger partial charge in [-0.15, -0.1) is 10.2 Å². The lowest BCUT2D eigenvalue weighted by molar-refractivity contribution is 0.269. The van der Waals surface area contributed by atoms with Gasteiger partial charge in [0, 0.05) is 27.9 Å². The first kappa shape index (κ1) is 19.4. The fourth-order valence-corrected chi connectivity index (χ4v) is 4.52. The van der Waals surface area contributed by atoms with Gasteiger partial charge in [0.1, 0.15) is 11.4 Å². The molecular formula is C24H21ClN6O. The molecule has 0 atom stereocenters. The van der Waals surface area contributed by atoms with Crippen LogP contribution in [-0.4, -0.2) is 42.0 Å². The number of aliphatic hydroxyl groups excluding tert-OH is 1. The first-order valence-corrected chi connectivity index (χ1v) is 11.0. The molecule has 0 unspecified atom stereocenters. The van der Waals surface area contributed by atoms with Crippen molar-refractivity contribution in [2.24, 2.45) is 4.99 Å². The first-order valence-electron chi connectivity index (χ1n) is 10.6. The molecule has 1 aliphatic carbocycles. The van der Waals surface area contributed by atoms with E-state index in [0.717, 1.165) is 58.1 Å². The van der Waals surface area contributed by atoms with Crippen molar-refractivity contribution in [1.82, 2.24) is 24.5 Å². The van der Waals surface area contributed by atoms with E-state index in [4.69, 9.17) is 16.6 Å². The van der Waals surface area contributed by atoms with E-state index in [9.17, 15) is 5.11 Å². The molecule has 160 valence electrons. The van der Waals surface area contributed by atoms with Crippen molar-refractivity contribution >= 4 is 17.3 Å². The minimum Gasteiger partial charge on any atom is -0.394 e. The third-order valence-corrected chi connectivity index (χ3v) is 6.45. The molecule has 1 N–H and O–H groups in total. The Morgan fingerprint density at radius 1 is 1.03 bits per heavy atom. The third kappa shape index (κ3) is 3.00. The molecule has 1 spiro atoms. The Kier molecular flexibility index (Phi) is 4.31. The van der Waals surface area contributed by atoms with Gasteiger partial charge in [-0.1, -0.05) is 29.8 Å². The lowest BCUT2D eigenvalue weighted by Gasteiger charge is -2.14. The number of nitrogens with zero attached hydrogens (tertiary/aromatic N) is 6. The van der Waals surface area contributed by atoms with Crippen LogP contribution >= 0.6 is 11.6 Å². The summed E-state index contributed by atoms with van der Waals surface area (Å²) in [5.74, 6) is 1.76. The molecule has 0 radical (unpaired) electrons. The molecule has 1 aliphatic heterocycles. The minimum atomic E-state index is -0.332. The van der Waals surface area contributed by atoms with Gasteiger partial charge in [0.2, 0.25) is 0 Å². The van der Waals surface area contributed by atoms with Gasteiger partial charge in [0.25, 0.3) is 0 Å². The lowest BCUT2D eigenvalue weighted by Crippen LogP contribution is -2.11. The molecule has 2 aromatic carbocycles. The number of hydrogen-bond acceptors (Lipinski definition) is 5. The molecule has 4 aromatic rings. The Morgan fingerprint density at radius 3 is 2.56 bits per heavy atom. The number of aryl methyl sites for hydroxylation is 1. The van der Waals surface area contributed by atoms with Gasteiger partial charge in [-0.05, 0) is 49.6 Å². The fraction of sp³-hybridized carbons (Fsp3) is 0.250. The van der Waals surface area contributed by atoms with Gasteiger partial charge in [-0.3, -0.25) is 14.2 Å². The van der Waals surface area contributed by atoms with Gasteiger partial charge in [0.05, 0.1) is 30.7 Å². The molecule has 6 rings (SSSR count). The highest BCUT2D eigenvalue weighted by Crippen LogP contribution is 2.51. The van der Waals surface area contributed by atoms with Crippen LogP contribution in [0.1, 0.15) is 35.6 Å². The summed E-state index contributed by atoms with van der Waals surface area (Å²) >= 11 is 6.17. The molecule has 3 heterocycles. The van der Waals surface area contributed by atoms with E-state index < -0.39 is 0 Å². The van der Waals surface area contributed by atoms with Crippen LogP contribution < -0.4 is 0 Å². The summed E-state index contributed by atoms with van der Waals surface area (Å²) in [6, 6.07) is 14.2. The van der Waals surface area contributed by atoms with E-state index in [2.05, 4.69) is 38.1 Å². The molecule has 1 fully saturated rings. The Balaban J connectivity index is 1.58. The number of aliphatic hydroxyl groups is 1. The van der Waals surface area contributed by atoms with Crippen LogP contribution in [0.4, 0.5) is 0 Å². The maximum Gasteiger partial charge on any atom is 0.165 e. The molecule has 2 aromatic heterocycles. The molecule has 1 saturated carbocycles. The van der Waals surface area contributed by atoms with Crippen molar-refractivity contribution in [3.8, 4) is 16.8 Å². The second-order valence-corrected chi connectivity index (χ2v) is 8.79. The second-order valence-electron chi connectivity index (χ2n) is 8.35. The van der Waals surface area contributed by atoms with Crippen LogP contribution in [0, 0.1) is 6.92 Å². The highest BCUT2D eigenvalue weighted by atomic mass is 35.5. The van der Waals surface area contributed by atoms with E-state index in [1.807, 2.05) is 43.6 Å². The summed E-state index contributed by atoms with van der Waals surface area (Å²) in [6.45, 7) is 2.50. The number of rotatable bonds is 4. The number of halogens is 1. The highest BCUT2D eigenvalue weighted by Gasteiger charge is 2.51. The van der Waals surface area contributed by atoms with Crippen LogP contribution in [0.25, 0.3) is 16.8 Å². The van der Waals surface area contributed by atoms with Gasteiger partial charge in [-0.25, -0.2) is 0 Å². The standard InChI is InChI=1S/C24H21ClN6O/c1-15-28-29-23-24(8-9-24)27-22(16-2-5-19(25)6-3-16)20-12-17(4-7-21(20)31(15)23)18-13-26-30(14-18)10-11-32/h2-7,12-14,32H,8-11H2,1H3. The Labute approximate surface area is 190 Å². The van der Waals surface area contributed by atoms with Gasteiger partial charge >= 0.3 is 0 Å². The smallest absolute Gasteiger partial charge is 0.165 e. The largest absolute Gasteiger partial charge is 0.394 e. The van der Waals surface area contributed by atoms with Crippen molar-refractivity contribution < 1.29 is 5.11 Å². The zero-order valence-electron chi connectivity index (χ0n) is 17.5. The van der Waals surface area contributed by atoms with Crippen molar-refractivity contribution in [2.75, 3.05) is 6.61 Å². The number of benzene rings is 2. The summed E-state index contributed by atoms with van der Waals surface area (Å²) in [5.41, 5.74) is 5.69. The van der Waals surface area contributed by atoms with Gasteiger partial charge < -0.3 is 5.11 Å². The number of hydrogen-bond donors (Lipinski definition) is 1. The average molecular weight is 445 g/mol. The summed E-state index contributed by atoms with van der Waals surface area (Å²) in [4.78, 5) is 5.28. The summed E-state index contributed by atoms with van der Waals surface area (Å²) in [6.07, 6.45) is 5.69. The molecular weight excluding hydrogens is 424 g/mol. The van der Waals surface area contributed by atoms with Crippen LogP contribution in [0.2, 0.25) is 5.02 Å². The zero-order chi connectivity index (χ0) is 21.9. The molecule has 0 bridgehead atoms. The Hall–Kier alpha value is -3.29. The van der Waals surface area contributed by atoms with Crippen LogP contribution in [0.15, 0.2) is 59.9 Å². The van der Waals surface area contributed by atoms with Crippen molar-refractivity contribution in [3.05, 3.63) is 82.7 Å². The predicted octanol–water partition coefficient (Wildman–Crippen LogP) is 3.93. The normalized spacial score (nSPS) is 15.8. The van der Waals surface area contributed by atoms with Crippen LogP contribution in [-0.2, 0) is 12.1 Å². The van der Waals surface area contributed by atoms with Crippen molar-refractivity contribution in [1.29, 1.82) is 0 Å². The molecule has 32 heavy (non-hydrogen) atoms. The van der Waals surface area contributed by atoms with Crippen LogP contribution in [0.3, 0.4) is 0 Å². The van der Waals surface area contributed by atoms with Crippen molar-refractivity contribution in [2.45, 2.75) is 31.8 Å². The molecule has 7 nitrogen and oxygen atoms in total. The van der Waals surface area contributed by atoms with E-state index in [1.165, 1.54) is 0 Å². The predicted molar refractivity (Wildman–Crippen MR) is 122 cm³/mol. The fourth-order valence-electron chi connectivity index (χ4n) is 4.40. The monoisotopic (exact) mass is 444 g/mol. The quantitative estimate of drug-likeness (QED) is 0.517. The van der Waals surface area contributed by atoms with Gasteiger partial charge in [0.15, 0.2) is 5.82 Å². The molecule has 0 amide bonds. The average Bonchev–Trinajstić information content (AvgIpc) is 3.28. The first-order chi connectivity index (χ1) is 15.6. The maximum atomic E-state index is 9.22. The SMILES string of the molecule is Cc1nnc2n1-c1ccc(-c3cnn(CCO)c3)cc1C(c1ccc(Cl)cc1)=NC21CC1. The second kappa shape index (κ2) is 7.12. The molecule has 0 saturated heterocycles. The number of aromatic nitrogens is 5. The van der Waals surface area contributed by atoms with Crippen LogP contribution in [0.5, 0.6) is 0 Å². The topological polar surface area (TPSA) is 81.1 Å². The summed E-state index contributed by atoms with van der Waals surface area (Å²) < 4.78 is 3.89. The Morgan fingerprint density at radius 2 is 1.81 bits per heavy atom. The zero-order valence-corrected chi connectivity index (χ0v) is 18.3. The number of fused-ring (bicyclic) bond motifs is 4. The summed E-state index contributed by atoms with van der Waals surface area (Å²) in [5, 5.41) is 23.2. The van der Waals surface area contributed by atoms with Gasteiger partial charge in [-0.2, -0.15) is 5.10 Å². The molecule has 2 aliphatic rings. The van der Waals surface area contributed by atoms with Crippen molar-refractivity contribution in [3.63, 3.8) is 0 Å². The lowest BCUT2D eigenvalue weighted by atomic mass is 9.96. The Bertz CT molecular complexity index is 1360. The summed E-state index contributed by atoms with van der Waals surface area (Å²) in [7, 11) is 0. The highest BCUT2D eigenvalue weighted by molar-refractivity contribution is 6.30. The van der Waals surface area contributed by atoms with E-state index in [0.29, 0.717) is 11.6 Å². The minimum absolute atomic E-state index is 0.0520.